The van der Waals surface area contributed by atoms with Gasteiger partial charge in [0.15, 0.2) is 0 Å². The molecule has 1 fully saturated rings. The molecule has 0 amide bonds. The Kier molecular flexibility index (Phi) is 4.94. The molecule has 4 N–H and O–H groups in total. The van der Waals surface area contributed by atoms with Crippen LogP contribution in [0.1, 0.15) is 46.0 Å². The molecule has 0 saturated heterocycles. The van der Waals surface area contributed by atoms with Gasteiger partial charge in [-0.1, -0.05) is 20.3 Å². The van der Waals surface area contributed by atoms with E-state index in [1.54, 1.807) is 0 Å². The second-order valence-corrected chi connectivity index (χ2v) is 5.32. The number of hydrogen-bond acceptors (Lipinski definition) is 7. The summed E-state index contributed by atoms with van der Waals surface area (Å²) in [6.45, 7) is 5.72. The molecule has 7 heteroatoms. The maximum absolute atomic E-state index is 5.44. The van der Waals surface area contributed by atoms with Gasteiger partial charge in [0, 0.05) is 6.54 Å². The Balaban J connectivity index is 2.02. The summed E-state index contributed by atoms with van der Waals surface area (Å²) < 4.78 is 5.44. The van der Waals surface area contributed by atoms with Crippen molar-refractivity contribution in [3.63, 3.8) is 0 Å². The van der Waals surface area contributed by atoms with Crippen LogP contribution in [0.25, 0.3) is 0 Å². The Hall–Kier alpha value is -1.63. The number of nitrogens with zero attached hydrogens (tertiary/aromatic N) is 3. The average molecular weight is 280 g/mol. The van der Waals surface area contributed by atoms with Gasteiger partial charge in [-0.2, -0.15) is 15.0 Å². The van der Waals surface area contributed by atoms with E-state index in [0.29, 0.717) is 29.9 Å². The lowest BCUT2D eigenvalue weighted by Crippen LogP contribution is -2.36. The molecule has 0 radical (unpaired) electrons. The zero-order valence-corrected chi connectivity index (χ0v) is 12.3. The number of nitrogens with one attached hydrogen (secondary N) is 2. The van der Waals surface area contributed by atoms with E-state index in [-0.39, 0.29) is 0 Å². The highest BCUT2D eigenvalue weighted by Gasteiger charge is 2.34. The number of rotatable bonds is 8. The van der Waals surface area contributed by atoms with Crippen molar-refractivity contribution >= 4 is 11.9 Å². The second-order valence-electron chi connectivity index (χ2n) is 5.32. The molecule has 1 aliphatic carbocycles. The van der Waals surface area contributed by atoms with E-state index in [0.717, 1.165) is 13.0 Å². The highest BCUT2D eigenvalue weighted by Crippen LogP contribution is 2.43. The average Bonchev–Trinajstić information content (AvgIpc) is 2.44. The van der Waals surface area contributed by atoms with Crippen molar-refractivity contribution < 1.29 is 4.74 Å². The quantitative estimate of drug-likeness (QED) is 0.494. The summed E-state index contributed by atoms with van der Waals surface area (Å²) in [4.78, 5) is 12.5. The fourth-order valence-electron chi connectivity index (χ4n) is 2.36. The minimum absolute atomic E-state index is 0.302. The molecule has 1 aliphatic rings. The molecular weight excluding hydrogens is 256 g/mol. The summed E-state index contributed by atoms with van der Waals surface area (Å²) in [5, 5.41) is 3.29. The Morgan fingerprint density at radius 2 is 1.95 bits per heavy atom. The number of nitrogens with two attached hydrogens (primary N) is 1. The van der Waals surface area contributed by atoms with Crippen molar-refractivity contribution in [3.8, 4) is 6.01 Å². The molecule has 1 saturated carbocycles. The van der Waals surface area contributed by atoms with Gasteiger partial charge in [-0.15, -0.1) is 0 Å². The predicted octanol–water partition coefficient (Wildman–Crippen LogP) is 1.94. The van der Waals surface area contributed by atoms with Crippen LogP contribution in [0.2, 0.25) is 0 Å². The van der Waals surface area contributed by atoms with Crippen molar-refractivity contribution in [2.45, 2.75) is 46.0 Å². The van der Waals surface area contributed by atoms with Crippen molar-refractivity contribution in [1.82, 2.24) is 15.0 Å². The molecule has 0 aromatic carbocycles. The van der Waals surface area contributed by atoms with Crippen LogP contribution < -0.4 is 21.3 Å². The maximum atomic E-state index is 5.44. The van der Waals surface area contributed by atoms with Crippen LogP contribution in [0.15, 0.2) is 0 Å². The maximum Gasteiger partial charge on any atom is 0.323 e. The van der Waals surface area contributed by atoms with Crippen molar-refractivity contribution in [3.05, 3.63) is 0 Å². The molecule has 0 aliphatic heterocycles. The highest BCUT2D eigenvalue weighted by atomic mass is 16.5. The zero-order chi connectivity index (χ0) is 14.4. The first-order valence-corrected chi connectivity index (χ1v) is 7.31. The Labute approximate surface area is 119 Å². The lowest BCUT2D eigenvalue weighted by Gasteiger charge is -2.41. The van der Waals surface area contributed by atoms with Gasteiger partial charge >= 0.3 is 6.01 Å². The standard InChI is InChI=1S/C13H24N6O/c1-3-8-20-12-17-10(16-11(18-12)19-14)15-9-13(4-2)6-5-7-13/h3-9,14H2,1-2H3,(H2,15,16,17,18,19). The molecule has 1 aromatic rings. The molecule has 0 bridgehead atoms. The Bertz CT molecular complexity index is 429. The molecule has 0 atom stereocenters. The smallest absolute Gasteiger partial charge is 0.323 e. The number of hydrogen-bond donors (Lipinski definition) is 3. The number of nitrogen functional groups attached to an aromatic ring is 1. The molecule has 0 spiro atoms. The van der Waals surface area contributed by atoms with Gasteiger partial charge in [0.2, 0.25) is 11.9 Å². The monoisotopic (exact) mass is 280 g/mol. The van der Waals surface area contributed by atoms with Gasteiger partial charge in [-0.05, 0) is 31.1 Å². The van der Waals surface area contributed by atoms with Gasteiger partial charge in [0.25, 0.3) is 0 Å². The predicted molar refractivity (Wildman–Crippen MR) is 78.5 cm³/mol. The molecule has 2 rings (SSSR count). The largest absolute Gasteiger partial charge is 0.463 e. The van der Waals surface area contributed by atoms with Crippen molar-refractivity contribution in [1.29, 1.82) is 0 Å². The fraction of sp³-hybridized carbons (Fsp3) is 0.769. The first-order chi connectivity index (χ1) is 9.71. The van der Waals surface area contributed by atoms with Crippen molar-refractivity contribution in [2.24, 2.45) is 11.3 Å². The van der Waals surface area contributed by atoms with Crippen LogP contribution in [-0.2, 0) is 0 Å². The van der Waals surface area contributed by atoms with E-state index in [1.165, 1.54) is 25.7 Å². The molecule has 0 unspecified atom stereocenters. The summed E-state index contributed by atoms with van der Waals surface area (Å²) in [5.41, 5.74) is 2.84. The van der Waals surface area contributed by atoms with E-state index in [9.17, 15) is 0 Å². The number of hydrazine groups is 1. The van der Waals surface area contributed by atoms with E-state index >= 15 is 0 Å². The van der Waals surface area contributed by atoms with E-state index in [1.807, 2.05) is 6.92 Å². The second kappa shape index (κ2) is 6.69. The van der Waals surface area contributed by atoms with E-state index < -0.39 is 0 Å². The number of anilines is 2. The van der Waals surface area contributed by atoms with Crippen LogP contribution in [0, 0.1) is 5.41 Å². The molecule has 1 heterocycles. The summed E-state index contributed by atoms with van der Waals surface area (Å²) >= 11 is 0. The Morgan fingerprint density at radius 3 is 2.50 bits per heavy atom. The molecular formula is C13H24N6O. The van der Waals surface area contributed by atoms with Crippen LogP contribution in [0.3, 0.4) is 0 Å². The molecule has 1 aromatic heterocycles. The zero-order valence-electron chi connectivity index (χ0n) is 12.3. The third-order valence-corrected chi connectivity index (χ3v) is 3.96. The molecule has 112 valence electrons. The topological polar surface area (TPSA) is 98.0 Å². The lowest BCUT2D eigenvalue weighted by molar-refractivity contribution is 0.144. The summed E-state index contributed by atoms with van der Waals surface area (Å²) in [5.74, 6) is 6.20. The first kappa shape index (κ1) is 14.8. The molecule has 7 nitrogen and oxygen atoms in total. The third kappa shape index (κ3) is 3.47. The van der Waals surface area contributed by atoms with Gasteiger partial charge in [-0.25, -0.2) is 5.84 Å². The number of aromatic nitrogens is 3. The molecule has 20 heavy (non-hydrogen) atoms. The van der Waals surface area contributed by atoms with Gasteiger partial charge in [-0.3, -0.25) is 5.43 Å². The lowest BCUT2D eigenvalue weighted by atomic mass is 9.67. The summed E-state index contributed by atoms with van der Waals surface area (Å²) in [6.07, 6.45) is 5.92. The third-order valence-electron chi connectivity index (χ3n) is 3.96. The summed E-state index contributed by atoms with van der Waals surface area (Å²) in [6, 6.07) is 0.302. The normalized spacial score (nSPS) is 16.4. The van der Waals surface area contributed by atoms with Crippen LogP contribution in [0.5, 0.6) is 6.01 Å². The SMILES string of the molecule is CCCOc1nc(NN)nc(NCC2(CC)CCC2)n1. The van der Waals surface area contributed by atoms with E-state index in [4.69, 9.17) is 10.6 Å². The first-order valence-electron chi connectivity index (χ1n) is 7.31. The van der Waals surface area contributed by atoms with Crippen LogP contribution in [-0.4, -0.2) is 28.1 Å². The van der Waals surface area contributed by atoms with Gasteiger partial charge in [0.1, 0.15) is 0 Å². The van der Waals surface area contributed by atoms with E-state index in [2.05, 4.69) is 32.6 Å². The van der Waals surface area contributed by atoms with Crippen molar-refractivity contribution in [2.75, 3.05) is 23.9 Å². The van der Waals surface area contributed by atoms with Gasteiger partial charge in [0.05, 0.1) is 6.61 Å². The number of ether oxygens (including phenoxy) is 1. The van der Waals surface area contributed by atoms with Crippen LogP contribution >= 0.6 is 0 Å². The minimum atomic E-state index is 0.302. The van der Waals surface area contributed by atoms with Gasteiger partial charge < -0.3 is 10.1 Å². The fourth-order valence-corrected chi connectivity index (χ4v) is 2.36. The van der Waals surface area contributed by atoms with Crippen LogP contribution in [0.4, 0.5) is 11.9 Å². The summed E-state index contributed by atoms with van der Waals surface area (Å²) in [7, 11) is 0. The minimum Gasteiger partial charge on any atom is -0.463 e. The Morgan fingerprint density at radius 1 is 1.20 bits per heavy atom. The highest BCUT2D eigenvalue weighted by molar-refractivity contribution is 5.35.